The molecule has 2 aromatic rings. The SMILES string of the molecule is Cc1ccc([N+](=O)[O-])cc1S(=O)(=O)N(CC(=O)O)c1ccc(F)cc1. The van der Waals surface area contributed by atoms with Gasteiger partial charge in [0, 0.05) is 12.1 Å². The van der Waals surface area contributed by atoms with E-state index < -0.39 is 43.9 Å². The fraction of sp³-hybridized carbons (Fsp3) is 0.133. The Morgan fingerprint density at radius 1 is 1.24 bits per heavy atom. The average Bonchev–Trinajstić information content (AvgIpc) is 2.53. The molecular formula is C15H13FN2O6S. The number of nitro benzene ring substituents is 1. The van der Waals surface area contributed by atoms with E-state index in [4.69, 9.17) is 5.11 Å². The molecular weight excluding hydrogens is 355 g/mol. The Labute approximate surface area is 142 Å². The molecule has 1 N–H and O–H groups in total. The summed E-state index contributed by atoms with van der Waals surface area (Å²) in [5.74, 6) is -2.06. The molecule has 0 saturated carbocycles. The lowest BCUT2D eigenvalue weighted by molar-refractivity contribution is -0.385. The van der Waals surface area contributed by atoms with Gasteiger partial charge in [-0.15, -0.1) is 0 Å². The first-order valence-electron chi connectivity index (χ1n) is 6.88. The van der Waals surface area contributed by atoms with Crippen molar-refractivity contribution in [2.45, 2.75) is 11.8 Å². The van der Waals surface area contributed by atoms with E-state index in [1.807, 2.05) is 0 Å². The van der Waals surface area contributed by atoms with E-state index in [1.54, 1.807) is 0 Å². The number of nitro groups is 1. The number of sulfonamides is 1. The maximum absolute atomic E-state index is 13.1. The third-order valence-electron chi connectivity index (χ3n) is 3.34. The summed E-state index contributed by atoms with van der Waals surface area (Å²) in [6.45, 7) is 0.510. The molecule has 10 heteroatoms. The lowest BCUT2D eigenvalue weighted by atomic mass is 10.2. The number of carboxylic acids is 1. The fourth-order valence-electron chi connectivity index (χ4n) is 2.14. The van der Waals surface area contributed by atoms with Crippen molar-refractivity contribution in [3.63, 3.8) is 0 Å². The number of benzene rings is 2. The highest BCUT2D eigenvalue weighted by Crippen LogP contribution is 2.28. The summed E-state index contributed by atoms with van der Waals surface area (Å²) >= 11 is 0. The molecule has 8 nitrogen and oxygen atoms in total. The van der Waals surface area contributed by atoms with Gasteiger partial charge in [0.15, 0.2) is 0 Å². The predicted molar refractivity (Wildman–Crippen MR) is 86.4 cm³/mol. The fourth-order valence-corrected chi connectivity index (χ4v) is 3.81. The van der Waals surface area contributed by atoms with Crippen molar-refractivity contribution >= 4 is 27.4 Å². The van der Waals surface area contributed by atoms with Crippen molar-refractivity contribution in [3.8, 4) is 0 Å². The van der Waals surface area contributed by atoms with Gasteiger partial charge in [0.25, 0.3) is 15.7 Å². The number of non-ortho nitro benzene ring substituents is 1. The molecule has 0 unspecified atom stereocenters. The molecule has 2 rings (SSSR count). The molecule has 0 radical (unpaired) electrons. The molecule has 0 aliphatic heterocycles. The van der Waals surface area contributed by atoms with Gasteiger partial charge in [-0.2, -0.15) is 0 Å². The third-order valence-corrected chi connectivity index (χ3v) is 5.26. The number of anilines is 1. The first-order chi connectivity index (χ1) is 11.6. The smallest absolute Gasteiger partial charge is 0.324 e. The van der Waals surface area contributed by atoms with Crippen molar-refractivity contribution < 1.29 is 27.6 Å². The minimum absolute atomic E-state index is 0.0743. The summed E-state index contributed by atoms with van der Waals surface area (Å²) in [6.07, 6.45) is 0. The second-order valence-corrected chi connectivity index (χ2v) is 6.92. The van der Waals surface area contributed by atoms with Gasteiger partial charge in [-0.3, -0.25) is 19.2 Å². The number of carboxylic acid groups (broad SMARTS) is 1. The average molecular weight is 368 g/mol. The van der Waals surface area contributed by atoms with Crippen molar-refractivity contribution in [3.05, 3.63) is 64.0 Å². The molecule has 0 aliphatic carbocycles. The van der Waals surface area contributed by atoms with Crippen LogP contribution in [0.25, 0.3) is 0 Å². The summed E-state index contributed by atoms with van der Waals surface area (Å²) < 4.78 is 39.4. The number of rotatable bonds is 6. The van der Waals surface area contributed by atoms with E-state index in [1.165, 1.54) is 13.0 Å². The van der Waals surface area contributed by atoms with Gasteiger partial charge in [0.1, 0.15) is 12.4 Å². The second kappa shape index (κ2) is 6.85. The van der Waals surface area contributed by atoms with Crippen LogP contribution in [-0.2, 0) is 14.8 Å². The van der Waals surface area contributed by atoms with Crippen LogP contribution in [0.3, 0.4) is 0 Å². The highest BCUT2D eigenvalue weighted by Gasteiger charge is 2.30. The van der Waals surface area contributed by atoms with Crippen LogP contribution >= 0.6 is 0 Å². The summed E-state index contributed by atoms with van der Waals surface area (Å²) in [6, 6.07) is 7.47. The number of hydrogen-bond acceptors (Lipinski definition) is 5. The number of hydrogen-bond donors (Lipinski definition) is 1. The molecule has 25 heavy (non-hydrogen) atoms. The Bertz CT molecular complexity index is 928. The van der Waals surface area contributed by atoms with Crippen LogP contribution in [0, 0.1) is 22.9 Å². The van der Waals surface area contributed by atoms with Gasteiger partial charge in [-0.25, -0.2) is 12.8 Å². The molecule has 2 aromatic carbocycles. The van der Waals surface area contributed by atoms with Gasteiger partial charge in [-0.05, 0) is 36.8 Å². The normalized spacial score (nSPS) is 11.1. The quantitative estimate of drug-likeness (QED) is 0.617. The lowest BCUT2D eigenvalue weighted by Crippen LogP contribution is -2.36. The maximum atomic E-state index is 13.1. The minimum Gasteiger partial charge on any atom is -0.480 e. The number of carbonyl (C=O) groups is 1. The Morgan fingerprint density at radius 2 is 1.84 bits per heavy atom. The Morgan fingerprint density at radius 3 is 2.36 bits per heavy atom. The van der Waals surface area contributed by atoms with Crippen LogP contribution in [0.5, 0.6) is 0 Å². The van der Waals surface area contributed by atoms with Crippen molar-refractivity contribution in [2.24, 2.45) is 0 Å². The molecule has 0 aromatic heterocycles. The van der Waals surface area contributed by atoms with Crippen LogP contribution in [0.4, 0.5) is 15.8 Å². The number of nitrogens with zero attached hydrogens (tertiary/aromatic N) is 2. The van der Waals surface area contributed by atoms with E-state index in [0.717, 1.165) is 36.4 Å². The first-order valence-corrected chi connectivity index (χ1v) is 8.32. The molecule has 0 aliphatic rings. The Hall–Kier alpha value is -3.01. The van der Waals surface area contributed by atoms with Crippen molar-refractivity contribution in [2.75, 3.05) is 10.8 Å². The minimum atomic E-state index is -4.42. The molecule has 0 heterocycles. The summed E-state index contributed by atoms with van der Waals surface area (Å²) in [4.78, 5) is 20.9. The van der Waals surface area contributed by atoms with E-state index in [0.29, 0.717) is 4.31 Å². The third kappa shape index (κ3) is 3.91. The molecule has 0 spiro atoms. The number of halogens is 1. The van der Waals surface area contributed by atoms with Crippen LogP contribution in [0.15, 0.2) is 47.4 Å². The molecule has 0 fully saturated rings. The van der Waals surface area contributed by atoms with E-state index in [2.05, 4.69) is 0 Å². The first kappa shape index (κ1) is 18.3. The maximum Gasteiger partial charge on any atom is 0.324 e. The van der Waals surface area contributed by atoms with E-state index >= 15 is 0 Å². The summed E-state index contributed by atoms with van der Waals surface area (Å²) in [7, 11) is -4.42. The highest BCUT2D eigenvalue weighted by atomic mass is 32.2. The van der Waals surface area contributed by atoms with Crippen LogP contribution < -0.4 is 4.31 Å². The van der Waals surface area contributed by atoms with Crippen LogP contribution in [-0.4, -0.2) is 31.0 Å². The zero-order chi connectivity index (χ0) is 18.8. The second-order valence-electron chi connectivity index (χ2n) is 5.09. The standard InChI is InChI=1S/C15H13FN2O6S/c1-10-2-5-13(18(21)22)8-14(10)25(23,24)17(9-15(19)20)12-6-3-11(16)4-7-12/h2-8H,9H2,1H3,(H,19,20). The molecule has 0 amide bonds. The Balaban J connectivity index is 2.63. The summed E-state index contributed by atoms with van der Waals surface area (Å²) in [5.41, 5.74) is -0.309. The molecule has 0 saturated heterocycles. The Kier molecular flexibility index (Phi) is 5.02. The predicted octanol–water partition coefficient (Wildman–Crippen LogP) is 2.32. The summed E-state index contributed by atoms with van der Waals surface area (Å²) in [5, 5.41) is 19.9. The van der Waals surface area contributed by atoms with Crippen molar-refractivity contribution in [1.82, 2.24) is 0 Å². The van der Waals surface area contributed by atoms with Crippen molar-refractivity contribution in [1.29, 1.82) is 0 Å². The number of aryl methyl sites for hydroxylation is 1. The van der Waals surface area contributed by atoms with Gasteiger partial charge >= 0.3 is 5.97 Å². The van der Waals surface area contributed by atoms with Gasteiger partial charge in [-0.1, -0.05) is 6.07 Å². The van der Waals surface area contributed by atoms with Crippen LogP contribution in [0.2, 0.25) is 0 Å². The van der Waals surface area contributed by atoms with Gasteiger partial charge < -0.3 is 5.11 Å². The highest BCUT2D eigenvalue weighted by molar-refractivity contribution is 7.93. The van der Waals surface area contributed by atoms with Gasteiger partial charge in [0.2, 0.25) is 0 Å². The molecule has 0 atom stereocenters. The lowest BCUT2D eigenvalue weighted by Gasteiger charge is -2.23. The van der Waals surface area contributed by atoms with E-state index in [-0.39, 0.29) is 11.3 Å². The largest absolute Gasteiger partial charge is 0.480 e. The number of aliphatic carboxylic acids is 1. The monoisotopic (exact) mass is 368 g/mol. The topological polar surface area (TPSA) is 118 Å². The zero-order valence-electron chi connectivity index (χ0n) is 12.9. The molecule has 0 bridgehead atoms. The van der Waals surface area contributed by atoms with Crippen LogP contribution in [0.1, 0.15) is 5.56 Å². The van der Waals surface area contributed by atoms with E-state index in [9.17, 15) is 27.7 Å². The molecule has 132 valence electrons. The van der Waals surface area contributed by atoms with Gasteiger partial charge in [0.05, 0.1) is 15.5 Å². The zero-order valence-corrected chi connectivity index (χ0v) is 13.7.